The Bertz CT molecular complexity index is 1200. The molecule has 3 aromatic rings. The maximum absolute atomic E-state index is 12.9. The van der Waals surface area contributed by atoms with E-state index in [-0.39, 0.29) is 24.8 Å². The van der Waals surface area contributed by atoms with E-state index in [1.165, 1.54) is 0 Å². The van der Waals surface area contributed by atoms with E-state index in [9.17, 15) is 9.59 Å². The maximum atomic E-state index is 12.9. The van der Waals surface area contributed by atoms with Gasteiger partial charge in [-0.1, -0.05) is 42.5 Å². The molecule has 0 amide bonds. The molecule has 0 aromatic heterocycles. The fraction of sp³-hybridized carbons (Fsp3) is 0.185. The molecule has 0 radical (unpaired) electrons. The number of benzene rings is 3. The highest BCUT2D eigenvalue weighted by Crippen LogP contribution is 2.37. The van der Waals surface area contributed by atoms with Crippen molar-refractivity contribution in [2.24, 2.45) is 0 Å². The Balaban J connectivity index is 1.41. The second-order valence-corrected chi connectivity index (χ2v) is 7.97. The van der Waals surface area contributed by atoms with Gasteiger partial charge in [-0.25, -0.2) is 4.79 Å². The monoisotopic (exact) mass is 443 g/mol. The number of ketones is 1. The lowest BCUT2D eigenvalue weighted by atomic mass is 10.0. The van der Waals surface area contributed by atoms with Crippen LogP contribution in [-0.4, -0.2) is 32.5 Å². The van der Waals surface area contributed by atoms with E-state index in [0.29, 0.717) is 17.1 Å². The minimum atomic E-state index is -0.476. The molecule has 1 heterocycles. The number of hydrogen-bond donors (Lipinski definition) is 0. The van der Waals surface area contributed by atoms with E-state index in [4.69, 9.17) is 14.2 Å². The van der Waals surface area contributed by atoms with Crippen molar-refractivity contribution >= 4 is 23.5 Å². The number of carbonyl (C=O) groups excluding carboxylic acids is 2. The first-order chi connectivity index (χ1) is 15.9. The molecule has 6 heteroatoms. The third-order valence-electron chi connectivity index (χ3n) is 5.25. The molecular formula is C27H25NO5. The molecule has 0 atom stereocenters. The third kappa shape index (κ3) is 5.23. The van der Waals surface area contributed by atoms with Crippen LogP contribution in [0.4, 0.5) is 5.69 Å². The molecule has 1 aliphatic rings. The lowest BCUT2D eigenvalue weighted by Gasteiger charge is -2.11. The van der Waals surface area contributed by atoms with Gasteiger partial charge in [0.25, 0.3) is 0 Å². The second-order valence-electron chi connectivity index (χ2n) is 7.97. The number of allylic oxidation sites excluding steroid dienone is 1. The molecule has 1 aliphatic heterocycles. The maximum Gasteiger partial charge on any atom is 0.344 e. The number of rotatable bonds is 7. The van der Waals surface area contributed by atoms with Crippen LogP contribution in [0.5, 0.6) is 11.5 Å². The van der Waals surface area contributed by atoms with E-state index in [1.807, 2.05) is 80.5 Å². The molecular weight excluding hydrogens is 418 g/mol. The molecule has 168 valence electrons. The zero-order chi connectivity index (χ0) is 23.4. The average molecular weight is 443 g/mol. The summed E-state index contributed by atoms with van der Waals surface area (Å²) < 4.78 is 16.7. The highest BCUT2D eigenvalue weighted by Gasteiger charge is 2.30. The van der Waals surface area contributed by atoms with E-state index >= 15 is 0 Å². The van der Waals surface area contributed by atoms with E-state index in [1.54, 1.807) is 18.2 Å². The van der Waals surface area contributed by atoms with Crippen molar-refractivity contribution in [3.05, 3.63) is 94.7 Å². The molecule has 0 saturated heterocycles. The number of carbonyl (C=O) groups is 2. The van der Waals surface area contributed by atoms with Crippen molar-refractivity contribution in [1.82, 2.24) is 0 Å². The Labute approximate surface area is 193 Å². The Kier molecular flexibility index (Phi) is 6.45. The third-order valence-corrected chi connectivity index (χ3v) is 5.25. The summed E-state index contributed by atoms with van der Waals surface area (Å²) in [6.45, 7) is 1.77. The van der Waals surface area contributed by atoms with Crippen LogP contribution in [-0.2, 0) is 16.1 Å². The van der Waals surface area contributed by atoms with Gasteiger partial charge in [0.1, 0.15) is 18.1 Å². The highest BCUT2D eigenvalue weighted by molar-refractivity contribution is 6.15. The largest absolute Gasteiger partial charge is 0.482 e. The number of nitrogens with zero attached hydrogens (tertiary/aromatic N) is 1. The van der Waals surface area contributed by atoms with Gasteiger partial charge in [0.05, 0.1) is 5.56 Å². The van der Waals surface area contributed by atoms with Gasteiger partial charge in [-0.05, 0) is 47.9 Å². The number of ether oxygens (including phenoxy) is 3. The summed E-state index contributed by atoms with van der Waals surface area (Å²) in [4.78, 5) is 26.9. The standard InChI is InChI=1S/C27H25NO5/c1-18-13-22(31-17-25(29)32-16-20-7-5-4-6-8-20)15-23-26(18)27(30)24(33-23)14-19-9-11-21(12-10-19)28(2)3/h4-15H,16-17H2,1-3H3/b24-14-. The minimum Gasteiger partial charge on any atom is -0.482 e. The molecule has 0 fully saturated rings. The van der Waals surface area contributed by atoms with Crippen molar-refractivity contribution < 1.29 is 23.8 Å². The molecule has 0 N–H and O–H groups in total. The molecule has 0 aliphatic carbocycles. The summed E-state index contributed by atoms with van der Waals surface area (Å²) in [5.74, 6) is 0.463. The summed E-state index contributed by atoms with van der Waals surface area (Å²) in [6.07, 6.45) is 1.72. The fourth-order valence-corrected chi connectivity index (χ4v) is 3.50. The molecule has 6 nitrogen and oxygen atoms in total. The number of aryl methyl sites for hydroxylation is 1. The van der Waals surface area contributed by atoms with Crippen LogP contribution in [0.3, 0.4) is 0 Å². The van der Waals surface area contributed by atoms with Crippen LogP contribution >= 0.6 is 0 Å². The first-order valence-corrected chi connectivity index (χ1v) is 10.6. The normalized spacial score (nSPS) is 13.4. The second kappa shape index (κ2) is 9.61. The molecule has 0 spiro atoms. The summed E-state index contributed by atoms with van der Waals surface area (Å²) in [7, 11) is 3.94. The van der Waals surface area contributed by atoms with E-state index in [0.717, 1.165) is 22.4 Å². The number of Topliss-reactive ketones (excluding diaryl/α,β-unsaturated/α-hetero) is 1. The molecule has 0 bridgehead atoms. The summed E-state index contributed by atoms with van der Waals surface area (Å²) >= 11 is 0. The SMILES string of the molecule is Cc1cc(OCC(=O)OCc2ccccc2)cc2c1C(=O)/C(=C/c1ccc(N(C)C)cc1)O2. The molecule has 3 aromatic carbocycles. The van der Waals surface area contributed by atoms with Crippen LogP contribution in [0.25, 0.3) is 6.08 Å². The first kappa shape index (κ1) is 22.1. The van der Waals surface area contributed by atoms with E-state index in [2.05, 4.69) is 0 Å². The molecule has 0 unspecified atom stereocenters. The van der Waals surface area contributed by atoms with Gasteiger partial charge in [-0.2, -0.15) is 0 Å². The number of hydrogen-bond acceptors (Lipinski definition) is 6. The summed E-state index contributed by atoms with van der Waals surface area (Å²) in [5.41, 5.74) is 4.06. The lowest BCUT2D eigenvalue weighted by molar-refractivity contribution is -0.147. The predicted molar refractivity (Wildman–Crippen MR) is 127 cm³/mol. The number of esters is 1. The summed E-state index contributed by atoms with van der Waals surface area (Å²) in [5, 5.41) is 0. The van der Waals surface area contributed by atoms with Crippen LogP contribution in [0.2, 0.25) is 0 Å². The van der Waals surface area contributed by atoms with Crippen LogP contribution in [0.1, 0.15) is 27.0 Å². The van der Waals surface area contributed by atoms with Gasteiger partial charge < -0.3 is 19.1 Å². The van der Waals surface area contributed by atoms with Gasteiger partial charge in [0.2, 0.25) is 5.78 Å². The minimum absolute atomic E-state index is 0.173. The molecule has 4 rings (SSSR count). The molecule has 0 saturated carbocycles. The zero-order valence-corrected chi connectivity index (χ0v) is 18.8. The van der Waals surface area contributed by atoms with Crippen molar-refractivity contribution in [1.29, 1.82) is 0 Å². The smallest absolute Gasteiger partial charge is 0.344 e. The van der Waals surface area contributed by atoms with Gasteiger partial charge >= 0.3 is 5.97 Å². The van der Waals surface area contributed by atoms with E-state index < -0.39 is 5.97 Å². The highest BCUT2D eigenvalue weighted by atomic mass is 16.6. The van der Waals surface area contributed by atoms with Gasteiger partial charge in [-0.3, -0.25) is 4.79 Å². The predicted octanol–water partition coefficient (Wildman–Crippen LogP) is 4.80. The Morgan fingerprint density at radius 1 is 1.03 bits per heavy atom. The van der Waals surface area contributed by atoms with Gasteiger partial charge in [-0.15, -0.1) is 0 Å². The van der Waals surface area contributed by atoms with Gasteiger partial charge in [0.15, 0.2) is 12.4 Å². The van der Waals surface area contributed by atoms with Crippen molar-refractivity contribution in [2.75, 3.05) is 25.6 Å². The van der Waals surface area contributed by atoms with Gasteiger partial charge in [0, 0.05) is 25.8 Å². The van der Waals surface area contributed by atoms with Crippen molar-refractivity contribution in [2.45, 2.75) is 13.5 Å². The van der Waals surface area contributed by atoms with Crippen molar-refractivity contribution in [3.8, 4) is 11.5 Å². The Morgan fingerprint density at radius 3 is 2.45 bits per heavy atom. The lowest BCUT2D eigenvalue weighted by Crippen LogP contribution is -2.14. The quantitative estimate of drug-likeness (QED) is 0.386. The van der Waals surface area contributed by atoms with Crippen LogP contribution in [0.15, 0.2) is 72.5 Å². The number of fused-ring (bicyclic) bond motifs is 1. The average Bonchev–Trinajstić information content (AvgIpc) is 3.12. The van der Waals surface area contributed by atoms with Crippen molar-refractivity contribution in [3.63, 3.8) is 0 Å². The zero-order valence-electron chi connectivity index (χ0n) is 18.8. The Hall–Kier alpha value is -4.06. The summed E-state index contributed by atoms with van der Waals surface area (Å²) in [6, 6.07) is 20.6. The fourth-order valence-electron chi connectivity index (χ4n) is 3.50. The topological polar surface area (TPSA) is 65.1 Å². The van der Waals surface area contributed by atoms with Crippen LogP contribution < -0.4 is 14.4 Å². The molecule has 33 heavy (non-hydrogen) atoms. The Morgan fingerprint density at radius 2 is 1.76 bits per heavy atom. The number of anilines is 1. The first-order valence-electron chi connectivity index (χ1n) is 10.6. The van der Waals surface area contributed by atoms with Crippen LogP contribution in [0, 0.1) is 6.92 Å².